The summed E-state index contributed by atoms with van der Waals surface area (Å²) in [4.78, 5) is 5.23. The van der Waals surface area contributed by atoms with E-state index in [0.29, 0.717) is 6.10 Å². The van der Waals surface area contributed by atoms with E-state index in [1.54, 1.807) is 0 Å². The van der Waals surface area contributed by atoms with E-state index in [0.717, 1.165) is 24.8 Å². The van der Waals surface area contributed by atoms with Crippen molar-refractivity contribution in [3.8, 4) is 0 Å². The molecule has 2 heteroatoms. The maximum Gasteiger partial charge on any atom is 0.127 e. The van der Waals surface area contributed by atoms with E-state index in [1.807, 2.05) is 12.3 Å². The zero-order chi connectivity index (χ0) is 9.80. The number of nitrogens with zero attached hydrogens (tertiary/aromatic N) is 1. The van der Waals surface area contributed by atoms with Gasteiger partial charge in [0.15, 0.2) is 0 Å². The van der Waals surface area contributed by atoms with Gasteiger partial charge < -0.3 is 4.84 Å². The Kier molecular flexibility index (Phi) is 2.82. The SMILES string of the molecule is CCc1ccccc1C=NOC1CC1. The minimum absolute atomic E-state index is 0.389. The van der Waals surface area contributed by atoms with E-state index in [4.69, 9.17) is 4.84 Å². The van der Waals surface area contributed by atoms with E-state index in [-0.39, 0.29) is 0 Å². The van der Waals surface area contributed by atoms with Gasteiger partial charge in [0.2, 0.25) is 0 Å². The Morgan fingerprint density at radius 3 is 2.93 bits per heavy atom. The van der Waals surface area contributed by atoms with Crippen molar-refractivity contribution in [1.29, 1.82) is 0 Å². The van der Waals surface area contributed by atoms with E-state index in [1.165, 1.54) is 5.56 Å². The van der Waals surface area contributed by atoms with E-state index in [2.05, 4.69) is 30.3 Å². The Bertz CT molecular complexity index is 329. The number of aryl methyl sites for hydroxylation is 1. The van der Waals surface area contributed by atoms with Gasteiger partial charge in [-0.1, -0.05) is 36.3 Å². The number of hydrogen-bond donors (Lipinski definition) is 0. The third-order valence-electron chi connectivity index (χ3n) is 2.36. The molecule has 0 spiro atoms. The van der Waals surface area contributed by atoms with Crippen LogP contribution in [0.1, 0.15) is 30.9 Å². The second-order valence-electron chi connectivity index (χ2n) is 3.59. The van der Waals surface area contributed by atoms with Gasteiger partial charge in [-0.15, -0.1) is 0 Å². The molecule has 0 radical (unpaired) electrons. The summed E-state index contributed by atoms with van der Waals surface area (Å²) in [6.07, 6.45) is 5.56. The third-order valence-corrected chi connectivity index (χ3v) is 2.36. The summed E-state index contributed by atoms with van der Waals surface area (Å²) in [6, 6.07) is 8.27. The zero-order valence-corrected chi connectivity index (χ0v) is 8.44. The highest BCUT2D eigenvalue weighted by Crippen LogP contribution is 2.23. The van der Waals surface area contributed by atoms with Gasteiger partial charge in [-0.05, 0) is 30.4 Å². The number of rotatable bonds is 4. The van der Waals surface area contributed by atoms with Crippen molar-refractivity contribution in [2.24, 2.45) is 5.16 Å². The van der Waals surface area contributed by atoms with Crippen LogP contribution >= 0.6 is 0 Å². The number of hydrogen-bond acceptors (Lipinski definition) is 2. The van der Waals surface area contributed by atoms with Gasteiger partial charge in [0.05, 0.1) is 6.21 Å². The molecule has 0 aliphatic heterocycles. The van der Waals surface area contributed by atoms with Crippen molar-refractivity contribution in [3.63, 3.8) is 0 Å². The molecule has 0 unspecified atom stereocenters. The first-order chi connectivity index (χ1) is 6.90. The van der Waals surface area contributed by atoms with Gasteiger partial charge in [-0.25, -0.2) is 0 Å². The molecule has 1 aliphatic carbocycles. The van der Waals surface area contributed by atoms with Crippen LogP contribution in [0.2, 0.25) is 0 Å². The molecule has 0 aromatic heterocycles. The molecule has 14 heavy (non-hydrogen) atoms. The van der Waals surface area contributed by atoms with Crippen LogP contribution in [-0.2, 0) is 11.3 Å². The van der Waals surface area contributed by atoms with Crippen LogP contribution in [0.5, 0.6) is 0 Å². The van der Waals surface area contributed by atoms with Crippen LogP contribution in [0.4, 0.5) is 0 Å². The van der Waals surface area contributed by atoms with Crippen molar-refractivity contribution in [2.45, 2.75) is 32.3 Å². The van der Waals surface area contributed by atoms with Crippen LogP contribution in [0.25, 0.3) is 0 Å². The van der Waals surface area contributed by atoms with Crippen LogP contribution < -0.4 is 0 Å². The van der Waals surface area contributed by atoms with Gasteiger partial charge in [-0.2, -0.15) is 0 Å². The zero-order valence-electron chi connectivity index (χ0n) is 8.44. The molecule has 2 rings (SSSR count). The molecule has 1 saturated carbocycles. The average Bonchev–Trinajstić information content (AvgIpc) is 3.03. The van der Waals surface area contributed by atoms with Gasteiger partial charge in [-0.3, -0.25) is 0 Å². The molecular weight excluding hydrogens is 174 g/mol. The predicted molar refractivity (Wildman–Crippen MR) is 57.5 cm³/mol. The van der Waals surface area contributed by atoms with E-state index < -0.39 is 0 Å². The Morgan fingerprint density at radius 1 is 1.43 bits per heavy atom. The molecule has 1 fully saturated rings. The van der Waals surface area contributed by atoms with Gasteiger partial charge in [0, 0.05) is 0 Å². The second kappa shape index (κ2) is 4.27. The van der Waals surface area contributed by atoms with Gasteiger partial charge >= 0.3 is 0 Å². The minimum atomic E-state index is 0.389. The maximum atomic E-state index is 5.23. The number of oxime groups is 1. The molecule has 1 aliphatic rings. The van der Waals surface area contributed by atoms with E-state index >= 15 is 0 Å². The van der Waals surface area contributed by atoms with Crippen LogP contribution in [0.15, 0.2) is 29.4 Å². The smallest absolute Gasteiger partial charge is 0.127 e. The topological polar surface area (TPSA) is 21.6 Å². The fraction of sp³-hybridized carbons (Fsp3) is 0.417. The molecule has 0 atom stereocenters. The lowest BCUT2D eigenvalue weighted by Gasteiger charge is -2.01. The fourth-order valence-electron chi connectivity index (χ4n) is 1.33. The Hall–Kier alpha value is -1.31. The van der Waals surface area contributed by atoms with Crippen molar-refractivity contribution in [3.05, 3.63) is 35.4 Å². The molecule has 1 aromatic rings. The first-order valence-corrected chi connectivity index (χ1v) is 5.17. The summed E-state index contributed by atoms with van der Waals surface area (Å²) in [5, 5.41) is 3.99. The van der Waals surface area contributed by atoms with Gasteiger partial charge in [0.1, 0.15) is 6.10 Å². The lowest BCUT2D eigenvalue weighted by Crippen LogP contribution is -1.92. The largest absolute Gasteiger partial charge is 0.392 e. The van der Waals surface area contributed by atoms with E-state index in [9.17, 15) is 0 Å². The monoisotopic (exact) mass is 189 g/mol. The summed E-state index contributed by atoms with van der Waals surface area (Å²) >= 11 is 0. The Morgan fingerprint density at radius 2 is 2.21 bits per heavy atom. The van der Waals surface area contributed by atoms with Crippen molar-refractivity contribution in [2.75, 3.05) is 0 Å². The lowest BCUT2D eigenvalue weighted by atomic mass is 10.1. The molecule has 1 aromatic carbocycles. The average molecular weight is 189 g/mol. The maximum absolute atomic E-state index is 5.23. The molecule has 0 N–H and O–H groups in total. The lowest BCUT2D eigenvalue weighted by molar-refractivity contribution is 0.131. The fourth-order valence-corrected chi connectivity index (χ4v) is 1.33. The molecule has 2 nitrogen and oxygen atoms in total. The molecule has 0 bridgehead atoms. The Labute approximate surface area is 84.6 Å². The highest BCUT2D eigenvalue weighted by molar-refractivity contribution is 5.81. The summed E-state index contributed by atoms with van der Waals surface area (Å²) < 4.78 is 0. The highest BCUT2D eigenvalue weighted by atomic mass is 16.6. The predicted octanol–water partition coefficient (Wildman–Crippen LogP) is 2.76. The third kappa shape index (κ3) is 2.34. The quantitative estimate of drug-likeness (QED) is 0.527. The number of benzene rings is 1. The van der Waals surface area contributed by atoms with Crippen molar-refractivity contribution >= 4 is 6.21 Å². The first kappa shape index (κ1) is 9.25. The van der Waals surface area contributed by atoms with Crippen molar-refractivity contribution < 1.29 is 4.84 Å². The standard InChI is InChI=1S/C12H15NO/c1-2-10-5-3-4-6-11(10)9-13-14-12-7-8-12/h3-6,9,12H,2,7-8H2,1H3. The van der Waals surface area contributed by atoms with Crippen LogP contribution in [0, 0.1) is 0 Å². The van der Waals surface area contributed by atoms with Crippen LogP contribution in [-0.4, -0.2) is 12.3 Å². The van der Waals surface area contributed by atoms with Crippen molar-refractivity contribution in [1.82, 2.24) is 0 Å². The molecule has 0 saturated heterocycles. The molecule has 0 amide bonds. The molecule has 0 heterocycles. The van der Waals surface area contributed by atoms with Crippen LogP contribution in [0.3, 0.4) is 0 Å². The minimum Gasteiger partial charge on any atom is -0.392 e. The Balaban J connectivity index is 2.02. The molecule has 74 valence electrons. The molecular formula is C12H15NO. The highest BCUT2D eigenvalue weighted by Gasteiger charge is 2.23. The first-order valence-electron chi connectivity index (χ1n) is 5.17. The summed E-state index contributed by atoms with van der Waals surface area (Å²) in [5.41, 5.74) is 2.48. The summed E-state index contributed by atoms with van der Waals surface area (Å²) in [6.45, 7) is 2.15. The normalized spacial score (nSPS) is 16.1. The summed E-state index contributed by atoms with van der Waals surface area (Å²) in [5.74, 6) is 0. The summed E-state index contributed by atoms with van der Waals surface area (Å²) in [7, 11) is 0. The van der Waals surface area contributed by atoms with Gasteiger partial charge in [0.25, 0.3) is 0 Å². The second-order valence-corrected chi connectivity index (χ2v) is 3.59.